The van der Waals surface area contributed by atoms with Crippen LogP contribution < -0.4 is 5.32 Å². The number of carboxylic acid groups (broad SMARTS) is 1. The molecule has 22 heavy (non-hydrogen) atoms. The highest BCUT2D eigenvalue weighted by molar-refractivity contribution is 7.97. The molecule has 0 saturated carbocycles. The Morgan fingerprint density at radius 1 is 1.36 bits per heavy atom. The van der Waals surface area contributed by atoms with Crippen LogP contribution in [0.5, 0.6) is 0 Å². The number of thioether (sulfide) groups is 1. The minimum absolute atomic E-state index is 0.0647. The zero-order valence-corrected chi connectivity index (χ0v) is 12.8. The van der Waals surface area contributed by atoms with Crippen LogP contribution in [0.25, 0.3) is 0 Å². The smallest absolute Gasteiger partial charge is 0.358 e. The Kier molecular flexibility index (Phi) is 5.54. The number of carbonyl (C=O) groups excluding carboxylic acids is 1. The van der Waals surface area contributed by atoms with Crippen molar-refractivity contribution in [3.8, 4) is 0 Å². The van der Waals surface area contributed by atoms with Gasteiger partial charge in [0.2, 0.25) is 5.91 Å². The van der Waals surface area contributed by atoms with Crippen molar-refractivity contribution in [2.45, 2.75) is 18.8 Å². The van der Waals surface area contributed by atoms with Crippen LogP contribution in [0.1, 0.15) is 21.6 Å². The highest BCUT2D eigenvalue weighted by Crippen LogP contribution is 2.11. The monoisotopic (exact) mass is 320 g/mol. The summed E-state index contributed by atoms with van der Waals surface area (Å²) in [6.45, 7) is 0.353. The van der Waals surface area contributed by atoms with E-state index in [0.717, 1.165) is 11.3 Å². The van der Waals surface area contributed by atoms with Crippen LogP contribution in [0.4, 0.5) is 0 Å². The van der Waals surface area contributed by atoms with E-state index < -0.39 is 5.97 Å². The number of rotatable bonds is 7. The molecule has 0 aliphatic heterocycles. The molecule has 1 amide bonds. The Morgan fingerprint density at radius 2 is 2.14 bits per heavy atom. The molecule has 0 radical (unpaired) electrons. The molecule has 1 heterocycles. The van der Waals surface area contributed by atoms with E-state index in [1.54, 1.807) is 11.8 Å². The summed E-state index contributed by atoms with van der Waals surface area (Å²) < 4.78 is 1.20. The quantitative estimate of drug-likeness (QED) is 0.794. The predicted octanol–water partition coefficient (Wildman–Crippen LogP) is 1.16. The fourth-order valence-electron chi connectivity index (χ4n) is 1.87. The van der Waals surface area contributed by atoms with Crippen molar-refractivity contribution >= 4 is 23.6 Å². The van der Waals surface area contributed by atoms with Crippen molar-refractivity contribution in [2.24, 2.45) is 0 Å². The second-order valence-corrected chi connectivity index (χ2v) is 5.50. The van der Waals surface area contributed by atoms with Crippen LogP contribution in [0, 0.1) is 0 Å². The number of nitrogens with zero attached hydrogens (tertiary/aromatic N) is 3. The topological polar surface area (TPSA) is 97.1 Å². The Labute approximate surface area is 131 Å². The molecule has 0 spiro atoms. The van der Waals surface area contributed by atoms with Gasteiger partial charge in [0.15, 0.2) is 5.69 Å². The number of aromatic carboxylic acids is 1. The summed E-state index contributed by atoms with van der Waals surface area (Å²) in [6.07, 6.45) is 3.26. The summed E-state index contributed by atoms with van der Waals surface area (Å²) in [5.74, 6) is -0.493. The molecule has 0 unspecified atom stereocenters. The van der Waals surface area contributed by atoms with Gasteiger partial charge in [-0.1, -0.05) is 29.5 Å². The van der Waals surface area contributed by atoms with Crippen molar-refractivity contribution in [1.82, 2.24) is 20.3 Å². The van der Waals surface area contributed by atoms with E-state index in [-0.39, 0.29) is 18.1 Å². The Morgan fingerprint density at radius 3 is 2.82 bits per heavy atom. The fourth-order valence-corrected chi connectivity index (χ4v) is 2.39. The summed E-state index contributed by atoms with van der Waals surface area (Å²) in [7, 11) is 0. The van der Waals surface area contributed by atoms with E-state index in [2.05, 4.69) is 21.7 Å². The highest BCUT2D eigenvalue weighted by Gasteiger charge is 2.10. The third-order valence-corrected chi connectivity index (χ3v) is 3.48. The SMILES string of the molecule is CSCc1cccc(CNC(=O)Cn2cc(C(=O)O)nn2)c1. The first-order valence-electron chi connectivity index (χ1n) is 6.55. The molecule has 2 rings (SSSR count). The number of hydrogen-bond acceptors (Lipinski definition) is 5. The van der Waals surface area contributed by atoms with Crippen molar-refractivity contribution in [2.75, 3.05) is 6.26 Å². The van der Waals surface area contributed by atoms with E-state index in [1.165, 1.54) is 16.4 Å². The minimum atomic E-state index is -1.17. The normalized spacial score (nSPS) is 10.4. The van der Waals surface area contributed by atoms with E-state index in [0.29, 0.717) is 6.54 Å². The molecule has 0 aliphatic carbocycles. The molecule has 0 fully saturated rings. The van der Waals surface area contributed by atoms with Gasteiger partial charge in [-0.2, -0.15) is 11.8 Å². The molecular weight excluding hydrogens is 304 g/mol. The van der Waals surface area contributed by atoms with Gasteiger partial charge >= 0.3 is 5.97 Å². The molecule has 7 nitrogen and oxygen atoms in total. The lowest BCUT2D eigenvalue weighted by atomic mass is 10.1. The fraction of sp³-hybridized carbons (Fsp3) is 0.286. The van der Waals surface area contributed by atoms with E-state index in [4.69, 9.17) is 5.11 Å². The number of amides is 1. The molecule has 2 N–H and O–H groups in total. The van der Waals surface area contributed by atoms with E-state index in [1.807, 2.05) is 24.5 Å². The Hall–Kier alpha value is -2.35. The number of benzene rings is 1. The first-order chi connectivity index (χ1) is 10.6. The van der Waals surface area contributed by atoms with Crippen LogP contribution in [0.2, 0.25) is 0 Å². The largest absolute Gasteiger partial charge is 0.476 e. The van der Waals surface area contributed by atoms with Crippen LogP contribution >= 0.6 is 11.8 Å². The van der Waals surface area contributed by atoms with E-state index >= 15 is 0 Å². The van der Waals surface area contributed by atoms with Gasteiger partial charge in [0.1, 0.15) is 6.54 Å². The number of hydrogen-bond donors (Lipinski definition) is 2. The van der Waals surface area contributed by atoms with Gasteiger partial charge in [0.25, 0.3) is 0 Å². The maximum Gasteiger partial charge on any atom is 0.358 e. The van der Waals surface area contributed by atoms with Crippen LogP contribution in [-0.4, -0.2) is 38.2 Å². The van der Waals surface area contributed by atoms with Crippen LogP contribution in [-0.2, 0) is 23.6 Å². The first-order valence-corrected chi connectivity index (χ1v) is 7.94. The van der Waals surface area contributed by atoms with Gasteiger partial charge in [-0.15, -0.1) is 5.10 Å². The summed E-state index contributed by atoms with van der Waals surface area (Å²) in [5, 5.41) is 18.6. The molecule has 1 aromatic carbocycles. The van der Waals surface area contributed by atoms with Crippen molar-refractivity contribution < 1.29 is 14.7 Å². The molecule has 0 atom stereocenters. The zero-order valence-electron chi connectivity index (χ0n) is 12.0. The maximum absolute atomic E-state index is 11.8. The third-order valence-electron chi connectivity index (χ3n) is 2.86. The lowest BCUT2D eigenvalue weighted by Gasteiger charge is -2.07. The standard InChI is InChI=1S/C14H16N4O3S/c1-22-9-11-4-2-3-10(5-11)6-15-13(19)8-18-7-12(14(20)21)16-17-18/h2-5,7H,6,8-9H2,1H3,(H,15,19)(H,20,21). The molecule has 8 heteroatoms. The van der Waals surface area contributed by atoms with Crippen molar-refractivity contribution in [3.05, 3.63) is 47.3 Å². The molecule has 116 valence electrons. The lowest BCUT2D eigenvalue weighted by Crippen LogP contribution is -2.27. The Balaban J connectivity index is 1.86. The van der Waals surface area contributed by atoms with E-state index in [9.17, 15) is 9.59 Å². The molecular formula is C14H16N4O3S. The summed E-state index contributed by atoms with van der Waals surface area (Å²) in [4.78, 5) is 22.5. The van der Waals surface area contributed by atoms with Gasteiger partial charge in [-0.05, 0) is 17.4 Å². The number of carboxylic acids is 1. The summed E-state index contributed by atoms with van der Waals surface area (Å²) in [5.41, 5.74) is 2.05. The zero-order chi connectivity index (χ0) is 15.9. The van der Waals surface area contributed by atoms with Gasteiger partial charge in [-0.25, -0.2) is 9.48 Å². The molecule has 1 aromatic heterocycles. The van der Waals surface area contributed by atoms with Crippen LogP contribution in [0.15, 0.2) is 30.5 Å². The summed E-state index contributed by atoms with van der Waals surface area (Å²) >= 11 is 1.74. The molecule has 2 aromatic rings. The van der Waals surface area contributed by atoms with Gasteiger partial charge < -0.3 is 10.4 Å². The van der Waals surface area contributed by atoms with Gasteiger partial charge in [0.05, 0.1) is 6.20 Å². The highest BCUT2D eigenvalue weighted by atomic mass is 32.2. The predicted molar refractivity (Wildman–Crippen MR) is 82.5 cm³/mol. The maximum atomic E-state index is 11.8. The third kappa shape index (κ3) is 4.59. The second-order valence-electron chi connectivity index (χ2n) is 4.64. The van der Waals surface area contributed by atoms with Crippen molar-refractivity contribution in [1.29, 1.82) is 0 Å². The summed E-state index contributed by atoms with van der Waals surface area (Å²) in [6, 6.07) is 8.01. The second kappa shape index (κ2) is 7.60. The first kappa shape index (κ1) is 16.0. The molecule has 0 saturated heterocycles. The number of aromatic nitrogens is 3. The average molecular weight is 320 g/mol. The minimum Gasteiger partial charge on any atom is -0.476 e. The number of nitrogens with one attached hydrogen (secondary N) is 1. The number of carbonyl (C=O) groups is 2. The van der Waals surface area contributed by atoms with Gasteiger partial charge in [-0.3, -0.25) is 4.79 Å². The Bertz CT molecular complexity index is 672. The molecule has 0 bridgehead atoms. The van der Waals surface area contributed by atoms with Crippen molar-refractivity contribution in [3.63, 3.8) is 0 Å². The molecule has 0 aliphatic rings. The van der Waals surface area contributed by atoms with Crippen LogP contribution in [0.3, 0.4) is 0 Å². The lowest BCUT2D eigenvalue weighted by molar-refractivity contribution is -0.122. The average Bonchev–Trinajstić information content (AvgIpc) is 2.95. The van der Waals surface area contributed by atoms with Gasteiger partial charge in [0, 0.05) is 12.3 Å².